The van der Waals surface area contributed by atoms with E-state index in [1.807, 2.05) is 4.90 Å². The average Bonchev–Trinajstić information content (AvgIpc) is 2.80. The number of quaternary nitrogens is 1. The minimum Gasteiger partial charge on any atom is -0.748 e. The van der Waals surface area contributed by atoms with Crippen LogP contribution in [0.2, 0.25) is 0 Å². The summed E-state index contributed by atoms with van der Waals surface area (Å²) in [6, 6.07) is 0. The van der Waals surface area contributed by atoms with E-state index in [0.717, 1.165) is 45.6 Å². The number of carbonyl (C=O) groups is 1. The summed E-state index contributed by atoms with van der Waals surface area (Å²) in [6.45, 7) is 7.09. The molecule has 0 bridgehead atoms. The van der Waals surface area contributed by atoms with Crippen LogP contribution in [0.1, 0.15) is 96.8 Å². The summed E-state index contributed by atoms with van der Waals surface area (Å²) in [7, 11) is -4.14. The van der Waals surface area contributed by atoms with Crippen LogP contribution in [0.25, 0.3) is 0 Å². The molecule has 1 heterocycles. The van der Waals surface area contributed by atoms with Crippen molar-refractivity contribution in [2.75, 3.05) is 51.6 Å². The maximum Gasteiger partial charge on any atom is 1.00 e. The first kappa shape index (κ1) is 35.0. The third kappa shape index (κ3) is 22.9. The van der Waals surface area contributed by atoms with E-state index in [-0.39, 0.29) is 41.3 Å². The molecule has 1 N–H and O–H groups in total. The fourth-order valence-corrected chi connectivity index (χ4v) is 4.79. The molecule has 0 atom stereocenters. The van der Waals surface area contributed by atoms with Gasteiger partial charge in [-0.05, 0) is 32.1 Å². The van der Waals surface area contributed by atoms with E-state index >= 15 is 0 Å². The number of hydrogen-bond acceptors (Lipinski definition) is 6. The SMILES string of the molecule is CCCCCCCC/C=C/CCCCCCCC(=O)OCC[NH+]1CCN(CCS(=O)(=O)[O-])CC1.[Na+]. The third-order valence-corrected chi connectivity index (χ3v) is 7.26. The number of nitrogens with zero attached hydrogens (tertiary/aromatic N) is 1. The Morgan fingerprint density at radius 1 is 0.914 bits per heavy atom. The Hall–Kier alpha value is 0.0400. The molecule has 1 aliphatic heterocycles. The molecule has 0 aliphatic carbocycles. The number of carbonyl (C=O) groups excluding carboxylic acids is 1. The van der Waals surface area contributed by atoms with E-state index in [9.17, 15) is 17.8 Å². The second-order valence-corrected chi connectivity index (χ2v) is 11.2. The number of nitrogens with one attached hydrogen (secondary N) is 1. The molecule has 1 aliphatic rings. The van der Waals surface area contributed by atoms with Crippen LogP contribution in [0.15, 0.2) is 12.2 Å². The molecule has 0 amide bonds. The molecule has 1 saturated heterocycles. The topological polar surface area (TPSA) is 91.2 Å². The molecule has 35 heavy (non-hydrogen) atoms. The van der Waals surface area contributed by atoms with Crippen LogP contribution < -0.4 is 34.5 Å². The minimum atomic E-state index is -4.14. The zero-order chi connectivity index (χ0) is 24.9. The Morgan fingerprint density at radius 3 is 2.03 bits per heavy atom. The maximum absolute atomic E-state index is 11.9. The van der Waals surface area contributed by atoms with Crippen LogP contribution in [0.5, 0.6) is 0 Å². The first-order valence-corrected chi connectivity index (χ1v) is 15.3. The van der Waals surface area contributed by atoms with E-state index < -0.39 is 10.1 Å². The van der Waals surface area contributed by atoms with Gasteiger partial charge in [0.1, 0.15) is 13.2 Å². The predicted molar refractivity (Wildman–Crippen MR) is 137 cm³/mol. The number of ether oxygens (including phenoxy) is 1. The van der Waals surface area contributed by atoms with Gasteiger partial charge in [0.25, 0.3) is 0 Å². The normalized spacial score (nSPS) is 15.4. The molecule has 0 aromatic rings. The monoisotopic (exact) mass is 525 g/mol. The van der Waals surface area contributed by atoms with E-state index in [1.54, 1.807) is 0 Å². The van der Waals surface area contributed by atoms with Crippen molar-refractivity contribution in [3.63, 3.8) is 0 Å². The van der Waals surface area contributed by atoms with Crippen LogP contribution >= 0.6 is 0 Å². The van der Waals surface area contributed by atoms with Gasteiger partial charge in [-0.3, -0.25) is 9.69 Å². The van der Waals surface area contributed by atoms with Crippen LogP contribution in [-0.2, 0) is 19.6 Å². The minimum absolute atomic E-state index is 0. The molecule has 200 valence electrons. The van der Waals surface area contributed by atoms with Gasteiger partial charge < -0.3 is 14.2 Å². The summed E-state index contributed by atoms with van der Waals surface area (Å²) in [5.41, 5.74) is 0. The van der Waals surface area contributed by atoms with Crippen molar-refractivity contribution in [3.8, 4) is 0 Å². The van der Waals surface area contributed by atoms with Crippen LogP contribution in [0.4, 0.5) is 0 Å². The van der Waals surface area contributed by atoms with Crippen LogP contribution in [-0.4, -0.2) is 75.5 Å². The summed E-state index contributed by atoms with van der Waals surface area (Å²) < 4.78 is 37.6. The molecule has 0 unspecified atom stereocenters. The Balaban J connectivity index is 0.0000116. The molecule has 0 aromatic heterocycles. The predicted octanol–water partition coefficient (Wildman–Crippen LogP) is 0.317. The molecule has 0 saturated carbocycles. The summed E-state index contributed by atoms with van der Waals surface area (Å²) in [5, 5.41) is 0. The summed E-state index contributed by atoms with van der Waals surface area (Å²) in [5.74, 6) is -0.424. The molecule has 1 fully saturated rings. The number of rotatable bonds is 21. The standard InChI is InChI=1S/C26H50N2O5S.Na/c1-2-3-4-5-6-7-8-9-10-11-12-13-14-15-16-17-26(29)33-24-22-27-18-20-28(21-19-27)23-25-34(30,31)32;/h9-10H,2-8,11-25H2,1H3,(H,30,31,32);/q;+1/b10-9+;. The molecular formula is C26H50N2NaO5S+. The first-order valence-electron chi connectivity index (χ1n) is 13.7. The maximum atomic E-state index is 11.9. The van der Waals surface area contributed by atoms with Gasteiger partial charge in [0.2, 0.25) is 0 Å². The molecule has 0 aromatic carbocycles. The van der Waals surface area contributed by atoms with Gasteiger partial charge in [-0.15, -0.1) is 0 Å². The molecule has 0 spiro atoms. The number of piperazine rings is 1. The summed E-state index contributed by atoms with van der Waals surface area (Å²) in [6.07, 6.45) is 21.4. The summed E-state index contributed by atoms with van der Waals surface area (Å²) >= 11 is 0. The van der Waals surface area contributed by atoms with Crippen molar-refractivity contribution in [3.05, 3.63) is 12.2 Å². The van der Waals surface area contributed by atoms with Crippen molar-refractivity contribution >= 4 is 16.1 Å². The number of esters is 1. The Bertz CT molecular complexity index is 638. The molecule has 0 radical (unpaired) electrons. The van der Waals surface area contributed by atoms with Gasteiger partial charge in [0.05, 0.1) is 29.0 Å². The van der Waals surface area contributed by atoms with Crippen LogP contribution in [0.3, 0.4) is 0 Å². The van der Waals surface area contributed by atoms with Gasteiger partial charge in [0.15, 0.2) is 0 Å². The van der Waals surface area contributed by atoms with Crippen molar-refractivity contribution in [1.29, 1.82) is 0 Å². The van der Waals surface area contributed by atoms with E-state index in [2.05, 4.69) is 19.1 Å². The molecule has 1 rings (SSSR count). The number of hydrogen-bond donors (Lipinski definition) is 1. The zero-order valence-electron chi connectivity index (χ0n) is 22.6. The van der Waals surface area contributed by atoms with E-state index in [4.69, 9.17) is 4.74 Å². The average molecular weight is 526 g/mol. The van der Waals surface area contributed by atoms with E-state index in [1.165, 1.54) is 75.5 Å². The Labute approximate surface area is 237 Å². The van der Waals surface area contributed by atoms with Crippen molar-refractivity contribution in [2.24, 2.45) is 0 Å². The zero-order valence-corrected chi connectivity index (χ0v) is 25.4. The Morgan fingerprint density at radius 2 is 1.46 bits per heavy atom. The second kappa shape index (κ2) is 23.2. The Kier molecular flexibility index (Phi) is 23.2. The van der Waals surface area contributed by atoms with Crippen molar-refractivity contribution in [2.45, 2.75) is 96.8 Å². The van der Waals surface area contributed by atoms with Crippen LogP contribution in [0, 0.1) is 0 Å². The van der Waals surface area contributed by atoms with Gasteiger partial charge in [-0.25, -0.2) is 8.42 Å². The first-order chi connectivity index (χ1) is 16.4. The number of unbranched alkanes of at least 4 members (excludes halogenated alkanes) is 11. The van der Waals surface area contributed by atoms with Crippen molar-refractivity contribution < 1.29 is 57.0 Å². The van der Waals surface area contributed by atoms with Gasteiger partial charge in [-0.2, -0.15) is 0 Å². The molecular weight excluding hydrogens is 475 g/mol. The van der Waals surface area contributed by atoms with Gasteiger partial charge in [-0.1, -0.05) is 70.4 Å². The largest absolute Gasteiger partial charge is 1.00 e. The molecule has 7 nitrogen and oxygen atoms in total. The fourth-order valence-electron chi connectivity index (χ4n) is 4.31. The second-order valence-electron chi connectivity index (χ2n) is 9.66. The number of allylic oxidation sites excluding steroid dienone is 2. The smallest absolute Gasteiger partial charge is 0.748 e. The van der Waals surface area contributed by atoms with Gasteiger partial charge >= 0.3 is 35.5 Å². The fraction of sp³-hybridized carbons (Fsp3) is 0.885. The van der Waals surface area contributed by atoms with Gasteiger partial charge in [0, 0.05) is 26.1 Å². The molecule has 9 heteroatoms. The van der Waals surface area contributed by atoms with E-state index in [0.29, 0.717) is 19.6 Å². The quantitative estimate of drug-likeness (QED) is 0.0763. The van der Waals surface area contributed by atoms with Crippen molar-refractivity contribution in [1.82, 2.24) is 4.90 Å². The third-order valence-electron chi connectivity index (χ3n) is 6.58. The summed E-state index contributed by atoms with van der Waals surface area (Å²) in [4.78, 5) is 15.3.